The van der Waals surface area contributed by atoms with Crippen LogP contribution in [-0.2, 0) is 4.79 Å². The van der Waals surface area contributed by atoms with E-state index in [1.54, 1.807) is 23.4 Å². The van der Waals surface area contributed by atoms with Crippen LogP contribution in [0, 0.1) is 0 Å². The smallest absolute Gasteiger partial charge is 0.253 e. The molecule has 2 aromatic rings. The Morgan fingerprint density at radius 3 is 2.38 bits per heavy atom. The van der Waals surface area contributed by atoms with Gasteiger partial charge in [-0.3, -0.25) is 14.6 Å². The Morgan fingerprint density at radius 1 is 1.04 bits per heavy atom. The molecule has 1 aromatic heterocycles. The van der Waals surface area contributed by atoms with Crippen molar-refractivity contribution in [2.24, 2.45) is 0 Å². The normalized spacial score (nSPS) is 14.2. The number of nitrogens with zero attached hydrogens (tertiary/aromatic N) is 3. The summed E-state index contributed by atoms with van der Waals surface area (Å²) in [6.45, 7) is 2.64. The number of amides is 2. The van der Waals surface area contributed by atoms with Crippen LogP contribution in [0.2, 0.25) is 10.0 Å². The van der Waals surface area contributed by atoms with Gasteiger partial charge in [0, 0.05) is 49.3 Å². The lowest BCUT2D eigenvalue weighted by Gasteiger charge is -2.36. The van der Waals surface area contributed by atoms with Crippen LogP contribution in [-0.4, -0.2) is 54.4 Å². The molecule has 0 unspecified atom stereocenters. The Balaban J connectivity index is 1.49. The van der Waals surface area contributed by atoms with Gasteiger partial charge in [-0.1, -0.05) is 23.2 Å². The van der Waals surface area contributed by atoms with Crippen LogP contribution in [0.1, 0.15) is 10.4 Å². The highest BCUT2D eigenvalue weighted by Gasteiger charge is 2.22. The second kappa shape index (κ2) is 8.38. The molecule has 0 saturated carbocycles. The van der Waals surface area contributed by atoms with E-state index in [4.69, 9.17) is 23.2 Å². The highest BCUT2D eigenvalue weighted by molar-refractivity contribution is 6.36. The zero-order chi connectivity index (χ0) is 18.5. The van der Waals surface area contributed by atoms with E-state index in [1.807, 2.05) is 12.1 Å². The van der Waals surface area contributed by atoms with E-state index in [-0.39, 0.29) is 17.5 Å². The van der Waals surface area contributed by atoms with Gasteiger partial charge in [-0.2, -0.15) is 0 Å². The van der Waals surface area contributed by atoms with Crippen LogP contribution < -0.4 is 10.2 Å². The summed E-state index contributed by atoms with van der Waals surface area (Å²) >= 11 is 11.8. The Bertz CT molecular complexity index is 793. The number of piperazine rings is 1. The van der Waals surface area contributed by atoms with E-state index < -0.39 is 5.91 Å². The maximum atomic E-state index is 12.3. The lowest BCUT2D eigenvalue weighted by atomic mass is 10.2. The van der Waals surface area contributed by atoms with Gasteiger partial charge in [0.15, 0.2) is 0 Å². The number of carbonyl (C=O) groups is 2. The minimum atomic E-state index is -0.393. The monoisotopic (exact) mass is 392 g/mol. The quantitative estimate of drug-likeness (QED) is 0.867. The fourth-order valence-electron chi connectivity index (χ4n) is 2.81. The van der Waals surface area contributed by atoms with Crippen molar-refractivity contribution in [2.45, 2.75) is 0 Å². The first-order valence-electron chi connectivity index (χ1n) is 8.20. The number of nitrogens with one attached hydrogen (secondary N) is 1. The molecule has 0 spiro atoms. The summed E-state index contributed by atoms with van der Waals surface area (Å²) in [6, 6.07) is 8.53. The first-order valence-corrected chi connectivity index (χ1v) is 8.96. The molecule has 8 heteroatoms. The van der Waals surface area contributed by atoms with Crippen molar-refractivity contribution in [1.82, 2.24) is 15.2 Å². The van der Waals surface area contributed by atoms with Gasteiger partial charge in [-0.05, 0) is 30.3 Å². The summed E-state index contributed by atoms with van der Waals surface area (Å²) in [5.74, 6) is -0.506. The molecule has 1 aliphatic heterocycles. The van der Waals surface area contributed by atoms with Gasteiger partial charge in [0.1, 0.15) is 0 Å². The van der Waals surface area contributed by atoms with Gasteiger partial charge in [0.05, 0.1) is 17.1 Å². The van der Waals surface area contributed by atoms with Gasteiger partial charge in [0.25, 0.3) is 5.91 Å². The zero-order valence-electron chi connectivity index (χ0n) is 14.0. The first-order chi connectivity index (χ1) is 12.5. The number of hydrogen-bond donors (Lipinski definition) is 1. The Hall–Kier alpha value is -2.31. The van der Waals surface area contributed by atoms with E-state index in [2.05, 4.69) is 15.2 Å². The fourth-order valence-corrected chi connectivity index (χ4v) is 3.30. The highest BCUT2D eigenvalue weighted by atomic mass is 35.5. The summed E-state index contributed by atoms with van der Waals surface area (Å²) in [5, 5.41) is 3.33. The SMILES string of the molecule is O=C(NCC(=O)N1CCN(c2ccncc2)CC1)c1ccc(Cl)cc1Cl. The average Bonchev–Trinajstić information content (AvgIpc) is 2.66. The minimum absolute atomic E-state index is 0.0625. The molecule has 26 heavy (non-hydrogen) atoms. The van der Waals surface area contributed by atoms with Gasteiger partial charge in [-0.25, -0.2) is 0 Å². The molecule has 2 heterocycles. The molecule has 0 radical (unpaired) electrons. The summed E-state index contributed by atoms with van der Waals surface area (Å²) in [4.78, 5) is 32.5. The Labute approximate surface area is 161 Å². The summed E-state index contributed by atoms with van der Waals surface area (Å²) in [5.41, 5.74) is 1.39. The Morgan fingerprint density at radius 2 is 1.73 bits per heavy atom. The third-order valence-corrected chi connectivity index (χ3v) is 4.78. The topological polar surface area (TPSA) is 65.5 Å². The molecule has 1 N–H and O–H groups in total. The maximum Gasteiger partial charge on any atom is 0.253 e. The van der Waals surface area contributed by atoms with Crippen LogP contribution in [0.25, 0.3) is 0 Å². The molecule has 136 valence electrons. The largest absolute Gasteiger partial charge is 0.368 e. The van der Waals surface area contributed by atoms with E-state index >= 15 is 0 Å². The number of anilines is 1. The molecule has 1 aliphatic rings. The van der Waals surface area contributed by atoms with Crippen molar-refractivity contribution in [3.05, 3.63) is 58.3 Å². The van der Waals surface area contributed by atoms with Crippen LogP contribution >= 0.6 is 23.2 Å². The molecule has 2 amide bonds. The van der Waals surface area contributed by atoms with E-state index in [0.29, 0.717) is 23.7 Å². The third kappa shape index (κ3) is 4.45. The van der Waals surface area contributed by atoms with Crippen molar-refractivity contribution in [2.75, 3.05) is 37.6 Å². The number of rotatable bonds is 4. The van der Waals surface area contributed by atoms with E-state index in [0.717, 1.165) is 18.8 Å². The van der Waals surface area contributed by atoms with Crippen molar-refractivity contribution in [3.8, 4) is 0 Å². The lowest BCUT2D eigenvalue weighted by Crippen LogP contribution is -2.51. The fraction of sp³-hybridized carbons (Fsp3) is 0.278. The Kier molecular flexibility index (Phi) is 5.96. The second-order valence-corrected chi connectivity index (χ2v) is 6.72. The summed E-state index contributed by atoms with van der Waals surface area (Å²) in [7, 11) is 0. The predicted molar refractivity (Wildman–Crippen MR) is 102 cm³/mol. The van der Waals surface area contributed by atoms with Crippen LogP contribution in [0.5, 0.6) is 0 Å². The molecular formula is C18H18Cl2N4O2. The molecule has 1 saturated heterocycles. The first kappa shape index (κ1) is 18.5. The molecule has 0 atom stereocenters. The van der Waals surface area contributed by atoms with Crippen LogP contribution in [0.3, 0.4) is 0 Å². The maximum absolute atomic E-state index is 12.3. The number of benzene rings is 1. The lowest BCUT2D eigenvalue weighted by molar-refractivity contribution is -0.130. The molecular weight excluding hydrogens is 375 g/mol. The summed E-state index contributed by atoms with van der Waals surface area (Å²) in [6.07, 6.45) is 3.51. The van der Waals surface area contributed by atoms with Crippen molar-refractivity contribution in [3.63, 3.8) is 0 Å². The highest BCUT2D eigenvalue weighted by Crippen LogP contribution is 2.20. The molecule has 3 rings (SSSR count). The zero-order valence-corrected chi connectivity index (χ0v) is 15.5. The molecule has 0 aliphatic carbocycles. The number of carbonyl (C=O) groups excluding carboxylic acids is 2. The molecule has 6 nitrogen and oxygen atoms in total. The van der Waals surface area contributed by atoms with E-state index in [1.165, 1.54) is 12.1 Å². The second-order valence-electron chi connectivity index (χ2n) is 5.88. The summed E-state index contributed by atoms with van der Waals surface area (Å²) < 4.78 is 0. The van der Waals surface area contributed by atoms with Gasteiger partial charge < -0.3 is 15.1 Å². The standard InChI is InChI=1S/C18H18Cl2N4O2/c19-13-1-2-15(16(20)11-13)18(26)22-12-17(25)24-9-7-23(8-10-24)14-3-5-21-6-4-14/h1-6,11H,7-10,12H2,(H,22,26). The molecule has 1 fully saturated rings. The number of halogens is 2. The average molecular weight is 393 g/mol. The number of pyridine rings is 1. The van der Waals surface area contributed by atoms with Gasteiger partial charge in [-0.15, -0.1) is 0 Å². The van der Waals surface area contributed by atoms with Crippen LogP contribution in [0.4, 0.5) is 5.69 Å². The van der Waals surface area contributed by atoms with Gasteiger partial charge in [0.2, 0.25) is 5.91 Å². The van der Waals surface area contributed by atoms with Crippen LogP contribution in [0.15, 0.2) is 42.7 Å². The van der Waals surface area contributed by atoms with E-state index in [9.17, 15) is 9.59 Å². The minimum Gasteiger partial charge on any atom is -0.368 e. The van der Waals surface area contributed by atoms with Crippen molar-refractivity contribution < 1.29 is 9.59 Å². The van der Waals surface area contributed by atoms with Crippen molar-refractivity contribution >= 4 is 40.7 Å². The van der Waals surface area contributed by atoms with Gasteiger partial charge >= 0.3 is 0 Å². The molecule has 1 aromatic carbocycles. The molecule has 0 bridgehead atoms. The third-order valence-electron chi connectivity index (χ3n) is 4.24. The predicted octanol–water partition coefficient (Wildman–Crippen LogP) is 2.47. The van der Waals surface area contributed by atoms with Crippen molar-refractivity contribution in [1.29, 1.82) is 0 Å². The number of hydrogen-bond acceptors (Lipinski definition) is 4. The number of aromatic nitrogens is 1.